The van der Waals surface area contributed by atoms with Gasteiger partial charge in [-0.1, -0.05) is 83.2 Å². The lowest BCUT2D eigenvalue weighted by Crippen LogP contribution is -2.14. The molecule has 1 heteroatoms. The summed E-state index contributed by atoms with van der Waals surface area (Å²) in [5, 5.41) is 0. The van der Waals surface area contributed by atoms with E-state index >= 15 is 0 Å². The average Bonchev–Trinajstić information content (AvgIpc) is 2.58. The van der Waals surface area contributed by atoms with Crippen LogP contribution in [-0.2, 0) is 0 Å². The zero-order valence-corrected chi connectivity index (χ0v) is 15.6. The molecule has 0 heterocycles. The Balaban J connectivity index is 2.13. The lowest BCUT2D eigenvalue weighted by Gasteiger charge is -2.17. The van der Waals surface area contributed by atoms with E-state index in [-0.39, 0.29) is 0 Å². The van der Waals surface area contributed by atoms with Crippen LogP contribution >= 0.6 is 0 Å². The molecule has 0 radical (unpaired) electrons. The van der Waals surface area contributed by atoms with Crippen LogP contribution in [0, 0.1) is 17.8 Å². The molecule has 128 valence electrons. The second-order valence-corrected chi connectivity index (χ2v) is 7.22. The second kappa shape index (κ2) is 8.73. The van der Waals surface area contributed by atoms with E-state index in [1.165, 1.54) is 16.7 Å². The van der Waals surface area contributed by atoms with Crippen molar-refractivity contribution in [3.8, 4) is 5.75 Å². The average molecular weight is 322 g/mol. The molecule has 1 unspecified atom stereocenters. The van der Waals surface area contributed by atoms with Gasteiger partial charge in [-0.05, 0) is 46.6 Å². The van der Waals surface area contributed by atoms with Crippen LogP contribution in [-0.4, -0.2) is 6.61 Å². The van der Waals surface area contributed by atoms with Gasteiger partial charge in [0.25, 0.3) is 0 Å². The topological polar surface area (TPSA) is 9.23 Å². The molecular formula is C23H30O. The first kappa shape index (κ1) is 18.3. The van der Waals surface area contributed by atoms with Gasteiger partial charge in [-0.3, -0.25) is 0 Å². The van der Waals surface area contributed by atoms with Crippen LogP contribution in [0.15, 0.2) is 54.6 Å². The highest BCUT2D eigenvalue weighted by Crippen LogP contribution is 2.27. The predicted octanol–water partition coefficient (Wildman–Crippen LogP) is 6.55. The molecule has 0 aromatic heterocycles. The van der Waals surface area contributed by atoms with Crippen LogP contribution in [0.4, 0.5) is 0 Å². The van der Waals surface area contributed by atoms with Crippen molar-refractivity contribution in [1.29, 1.82) is 0 Å². The Morgan fingerprint density at radius 1 is 0.875 bits per heavy atom. The highest BCUT2D eigenvalue weighted by molar-refractivity contribution is 5.82. The van der Waals surface area contributed by atoms with Gasteiger partial charge in [0.05, 0.1) is 6.61 Å². The maximum absolute atomic E-state index is 5.92. The van der Waals surface area contributed by atoms with Crippen molar-refractivity contribution in [1.82, 2.24) is 0 Å². The van der Waals surface area contributed by atoms with Gasteiger partial charge in [-0.25, -0.2) is 0 Å². The fourth-order valence-corrected chi connectivity index (χ4v) is 2.48. The third-order valence-electron chi connectivity index (χ3n) is 4.58. The molecule has 1 nitrogen and oxygen atoms in total. The van der Waals surface area contributed by atoms with Gasteiger partial charge in [0.2, 0.25) is 0 Å². The van der Waals surface area contributed by atoms with E-state index in [1.54, 1.807) is 0 Å². The van der Waals surface area contributed by atoms with E-state index in [1.807, 2.05) is 0 Å². The van der Waals surface area contributed by atoms with E-state index in [2.05, 4.69) is 95.3 Å². The van der Waals surface area contributed by atoms with Crippen LogP contribution in [0.1, 0.15) is 45.7 Å². The summed E-state index contributed by atoms with van der Waals surface area (Å²) in [5.41, 5.74) is 3.86. The van der Waals surface area contributed by atoms with Gasteiger partial charge < -0.3 is 4.74 Å². The quantitative estimate of drug-likeness (QED) is 0.525. The Morgan fingerprint density at radius 3 is 2.04 bits per heavy atom. The summed E-state index contributed by atoms with van der Waals surface area (Å²) in [6.45, 7) is 12.0. The first-order valence-corrected chi connectivity index (χ1v) is 8.97. The van der Waals surface area contributed by atoms with Gasteiger partial charge >= 0.3 is 0 Å². The van der Waals surface area contributed by atoms with Gasteiger partial charge in [0.1, 0.15) is 5.75 Å². The highest BCUT2D eigenvalue weighted by atomic mass is 16.5. The number of ether oxygens (including phenoxy) is 1. The van der Waals surface area contributed by atoms with E-state index in [4.69, 9.17) is 4.74 Å². The molecule has 0 aliphatic carbocycles. The monoisotopic (exact) mass is 322 g/mol. The molecule has 0 aliphatic heterocycles. The van der Waals surface area contributed by atoms with Crippen LogP contribution < -0.4 is 4.74 Å². The fourth-order valence-electron chi connectivity index (χ4n) is 2.48. The Labute approximate surface area is 147 Å². The van der Waals surface area contributed by atoms with Crippen molar-refractivity contribution in [2.75, 3.05) is 6.61 Å². The largest absolute Gasteiger partial charge is 0.493 e. The van der Waals surface area contributed by atoms with E-state index in [0.29, 0.717) is 17.8 Å². The fraction of sp³-hybridized carbons (Fsp3) is 0.391. The van der Waals surface area contributed by atoms with Crippen molar-refractivity contribution < 1.29 is 4.74 Å². The molecule has 0 spiro atoms. The first-order valence-electron chi connectivity index (χ1n) is 8.97. The van der Waals surface area contributed by atoms with Crippen molar-refractivity contribution >= 4 is 11.6 Å². The minimum absolute atomic E-state index is 0.470. The molecule has 24 heavy (non-hydrogen) atoms. The molecule has 0 aliphatic rings. The Hall–Kier alpha value is -2.02. The lowest BCUT2D eigenvalue weighted by atomic mass is 9.93. The summed E-state index contributed by atoms with van der Waals surface area (Å²) >= 11 is 0. The molecule has 0 saturated heterocycles. The van der Waals surface area contributed by atoms with Gasteiger partial charge in [-0.2, -0.15) is 0 Å². The third-order valence-corrected chi connectivity index (χ3v) is 4.58. The number of allylic oxidation sites excluding steroid dienone is 1. The standard InChI is InChI=1S/C23H30O/c1-17(2)19(5)16-24-22-13-11-21(12-14-22)23(18(3)4)15-20-9-7-6-8-10-20/h6-15,17-19H,16H2,1-5H3/b23-15-. The van der Waals surface area contributed by atoms with Gasteiger partial charge in [0.15, 0.2) is 0 Å². The minimum atomic E-state index is 0.470. The maximum atomic E-state index is 5.92. The van der Waals surface area contributed by atoms with Crippen molar-refractivity contribution in [2.24, 2.45) is 17.8 Å². The van der Waals surface area contributed by atoms with Crippen molar-refractivity contribution in [3.63, 3.8) is 0 Å². The zero-order valence-electron chi connectivity index (χ0n) is 15.6. The molecule has 0 N–H and O–H groups in total. The third kappa shape index (κ3) is 5.26. The number of benzene rings is 2. The smallest absolute Gasteiger partial charge is 0.119 e. The molecule has 2 rings (SSSR count). The second-order valence-electron chi connectivity index (χ2n) is 7.22. The maximum Gasteiger partial charge on any atom is 0.119 e. The molecule has 2 aromatic rings. The summed E-state index contributed by atoms with van der Waals surface area (Å²) in [5.74, 6) is 2.63. The molecule has 0 amide bonds. The van der Waals surface area contributed by atoms with Gasteiger partial charge in [-0.15, -0.1) is 0 Å². The molecule has 0 saturated carbocycles. The van der Waals surface area contributed by atoms with E-state index in [0.717, 1.165) is 12.4 Å². The Morgan fingerprint density at radius 2 is 1.50 bits per heavy atom. The molecule has 2 aromatic carbocycles. The van der Waals surface area contributed by atoms with Crippen molar-refractivity contribution in [3.05, 3.63) is 65.7 Å². The lowest BCUT2D eigenvalue weighted by molar-refractivity contribution is 0.223. The van der Waals surface area contributed by atoms with Crippen molar-refractivity contribution in [2.45, 2.75) is 34.6 Å². The summed E-state index contributed by atoms with van der Waals surface area (Å²) in [6.07, 6.45) is 2.28. The number of rotatable bonds is 7. The predicted molar refractivity (Wildman–Crippen MR) is 105 cm³/mol. The van der Waals surface area contributed by atoms with Gasteiger partial charge in [0, 0.05) is 0 Å². The van der Waals surface area contributed by atoms with Crippen LogP contribution in [0.2, 0.25) is 0 Å². The van der Waals surface area contributed by atoms with E-state index in [9.17, 15) is 0 Å². The first-order chi connectivity index (χ1) is 11.5. The summed E-state index contributed by atoms with van der Waals surface area (Å²) in [7, 11) is 0. The molecular weight excluding hydrogens is 292 g/mol. The minimum Gasteiger partial charge on any atom is -0.493 e. The molecule has 0 bridgehead atoms. The summed E-state index contributed by atoms with van der Waals surface area (Å²) in [4.78, 5) is 0. The molecule has 1 atom stereocenters. The van der Waals surface area contributed by atoms with E-state index < -0.39 is 0 Å². The highest BCUT2D eigenvalue weighted by Gasteiger charge is 2.09. The Kier molecular flexibility index (Phi) is 6.66. The summed E-state index contributed by atoms with van der Waals surface area (Å²) in [6, 6.07) is 19.0. The van der Waals surface area contributed by atoms with Crippen LogP contribution in [0.25, 0.3) is 11.6 Å². The molecule has 0 fully saturated rings. The van der Waals surface area contributed by atoms with Crippen LogP contribution in [0.3, 0.4) is 0 Å². The normalized spacial score (nSPS) is 13.4. The Bertz CT molecular complexity index is 635. The zero-order chi connectivity index (χ0) is 17.5. The summed E-state index contributed by atoms with van der Waals surface area (Å²) < 4.78 is 5.92. The number of hydrogen-bond donors (Lipinski definition) is 0. The SMILES string of the molecule is CC(C)/C(=C/c1ccccc1)c1ccc(OCC(C)C(C)C)cc1. The number of hydrogen-bond acceptors (Lipinski definition) is 1. The van der Waals surface area contributed by atoms with Crippen LogP contribution in [0.5, 0.6) is 5.75 Å².